The van der Waals surface area contributed by atoms with Gasteiger partial charge in [-0.1, -0.05) is 18.2 Å². The van der Waals surface area contributed by atoms with Crippen molar-refractivity contribution in [3.05, 3.63) is 53.2 Å². The van der Waals surface area contributed by atoms with Gasteiger partial charge in [0.15, 0.2) is 0 Å². The van der Waals surface area contributed by atoms with Gasteiger partial charge in [0.1, 0.15) is 5.82 Å². The molecular weight excluding hydrogens is 301 g/mol. The van der Waals surface area contributed by atoms with Crippen molar-refractivity contribution < 1.29 is 13.9 Å². The highest BCUT2D eigenvalue weighted by Crippen LogP contribution is 2.30. The van der Waals surface area contributed by atoms with Gasteiger partial charge in [0.05, 0.1) is 13.2 Å². The largest absolute Gasteiger partial charge is 0.378 e. The maximum Gasteiger partial charge on any atom is 0.246 e. The lowest BCUT2D eigenvalue weighted by atomic mass is 10.2. The predicted molar refractivity (Wildman–Crippen MR) is 86.1 cm³/mol. The van der Waals surface area contributed by atoms with Crippen molar-refractivity contribution in [2.75, 3.05) is 26.3 Å². The van der Waals surface area contributed by atoms with Crippen LogP contribution in [-0.2, 0) is 9.53 Å². The van der Waals surface area contributed by atoms with Crippen molar-refractivity contribution in [2.45, 2.75) is 0 Å². The first-order valence-corrected chi connectivity index (χ1v) is 7.95. The Kier molecular flexibility index (Phi) is 4.65. The molecule has 1 aromatic carbocycles. The number of nitrogens with zero attached hydrogens (tertiary/aromatic N) is 1. The van der Waals surface area contributed by atoms with E-state index in [0.717, 1.165) is 9.75 Å². The Hall–Kier alpha value is -1.98. The number of morpholine rings is 1. The van der Waals surface area contributed by atoms with Crippen LogP contribution in [0.15, 0.2) is 42.5 Å². The van der Waals surface area contributed by atoms with Crippen molar-refractivity contribution in [2.24, 2.45) is 0 Å². The van der Waals surface area contributed by atoms with Crippen LogP contribution in [0.2, 0.25) is 0 Å². The summed E-state index contributed by atoms with van der Waals surface area (Å²) in [7, 11) is 0. The first kappa shape index (κ1) is 14.9. The molecule has 1 aliphatic heterocycles. The Bertz CT molecular complexity index is 689. The molecule has 0 saturated carbocycles. The van der Waals surface area contributed by atoms with Gasteiger partial charge in [0.25, 0.3) is 0 Å². The van der Waals surface area contributed by atoms with Gasteiger partial charge in [-0.3, -0.25) is 4.79 Å². The van der Waals surface area contributed by atoms with Gasteiger partial charge in [-0.05, 0) is 24.3 Å². The van der Waals surface area contributed by atoms with Crippen molar-refractivity contribution in [3.63, 3.8) is 0 Å². The molecule has 3 rings (SSSR count). The molecule has 114 valence electrons. The fraction of sp³-hybridized carbons (Fsp3) is 0.235. The minimum atomic E-state index is -0.232. The van der Waals surface area contributed by atoms with Gasteiger partial charge in [-0.25, -0.2) is 4.39 Å². The van der Waals surface area contributed by atoms with Crippen molar-refractivity contribution in [1.82, 2.24) is 4.90 Å². The fourth-order valence-electron chi connectivity index (χ4n) is 2.29. The highest BCUT2D eigenvalue weighted by molar-refractivity contribution is 7.16. The van der Waals surface area contributed by atoms with E-state index in [1.807, 2.05) is 18.2 Å². The molecule has 1 amide bonds. The second-order valence-corrected chi connectivity index (χ2v) is 6.07. The lowest BCUT2D eigenvalue weighted by Gasteiger charge is -2.25. The zero-order valence-corrected chi connectivity index (χ0v) is 12.8. The first-order chi connectivity index (χ1) is 10.7. The van der Waals surface area contributed by atoms with Crippen LogP contribution in [0.4, 0.5) is 4.39 Å². The summed E-state index contributed by atoms with van der Waals surface area (Å²) < 4.78 is 19.0. The van der Waals surface area contributed by atoms with E-state index in [9.17, 15) is 9.18 Å². The number of halogens is 1. The molecule has 22 heavy (non-hydrogen) atoms. The molecular formula is C17H16FNO2S. The topological polar surface area (TPSA) is 29.5 Å². The fourth-order valence-corrected chi connectivity index (χ4v) is 3.23. The number of carbonyl (C=O) groups excluding carboxylic acids is 1. The summed E-state index contributed by atoms with van der Waals surface area (Å²) in [4.78, 5) is 15.6. The van der Waals surface area contributed by atoms with E-state index in [-0.39, 0.29) is 11.7 Å². The number of hydrogen-bond donors (Lipinski definition) is 0. The summed E-state index contributed by atoms with van der Waals surface area (Å²) in [5, 5.41) is 0. The maximum atomic E-state index is 13.8. The summed E-state index contributed by atoms with van der Waals surface area (Å²) in [6.07, 6.45) is 3.36. The number of carbonyl (C=O) groups is 1. The third-order valence-electron chi connectivity index (χ3n) is 3.48. The van der Waals surface area contributed by atoms with Crippen LogP contribution in [0, 0.1) is 5.82 Å². The Morgan fingerprint density at radius 1 is 1.18 bits per heavy atom. The molecule has 2 aromatic rings. The lowest BCUT2D eigenvalue weighted by Crippen LogP contribution is -2.39. The zero-order valence-electron chi connectivity index (χ0n) is 12.0. The van der Waals surface area contributed by atoms with Gasteiger partial charge in [-0.2, -0.15) is 0 Å². The molecule has 2 heterocycles. The molecule has 1 saturated heterocycles. The van der Waals surface area contributed by atoms with Crippen molar-refractivity contribution in [3.8, 4) is 10.4 Å². The minimum Gasteiger partial charge on any atom is -0.378 e. The molecule has 0 bridgehead atoms. The number of rotatable bonds is 3. The summed E-state index contributed by atoms with van der Waals surface area (Å²) in [6, 6.07) is 10.5. The number of amides is 1. The van der Waals surface area contributed by atoms with E-state index in [0.29, 0.717) is 31.9 Å². The van der Waals surface area contributed by atoms with Crippen LogP contribution < -0.4 is 0 Å². The average molecular weight is 317 g/mol. The predicted octanol–water partition coefficient (Wildman–Crippen LogP) is 3.43. The van der Waals surface area contributed by atoms with E-state index in [1.54, 1.807) is 29.2 Å². The molecule has 1 fully saturated rings. The maximum absolute atomic E-state index is 13.8. The Morgan fingerprint density at radius 2 is 1.95 bits per heavy atom. The monoisotopic (exact) mass is 317 g/mol. The standard InChI is InChI=1S/C17H16FNO2S/c18-15-4-2-1-3-14(15)16-7-5-13(22-16)6-8-17(20)19-9-11-21-12-10-19/h1-8H,9-12H2. The molecule has 0 aliphatic carbocycles. The van der Waals surface area contributed by atoms with E-state index in [1.165, 1.54) is 17.4 Å². The van der Waals surface area contributed by atoms with Crippen LogP contribution in [-0.4, -0.2) is 37.1 Å². The Balaban J connectivity index is 1.70. The molecule has 0 N–H and O–H groups in total. The van der Waals surface area contributed by atoms with Crippen LogP contribution in [0.5, 0.6) is 0 Å². The lowest BCUT2D eigenvalue weighted by molar-refractivity contribution is -0.129. The third kappa shape index (κ3) is 3.43. The average Bonchev–Trinajstić information content (AvgIpc) is 3.02. The minimum absolute atomic E-state index is 0.0101. The van der Waals surface area contributed by atoms with Gasteiger partial charge < -0.3 is 9.64 Å². The third-order valence-corrected chi connectivity index (χ3v) is 4.56. The van der Waals surface area contributed by atoms with Gasteiger partial charge in [-0.15, -0.1) is 11.3 Å². The number of benzene rings is 1. The molecule has 3 nitrogen and oxygen atoms in total. The smallest absolute Gasteiger partial charge is 0.246 e. The van der Waals surface area contributed by atoms with Crippen molar-refractivity contribution >= 4 is 23.3 Å². The first-order valence-electron chi connectivity index (χ1n) is 7.13. The molecule has 0 unspecified atom stereocenters. The summed E-state index contributed by atoms with van der Waals surface area (Å²) in [5.74, 6) is -0.242. The van der Waals surface area contributed by atoms with Crippen LogP contribution >= 0.6 is 11.3 Å². The van der Waals surface area contributed by atoms with Gasteiger partial charge in [0.2, 0.25) is 5.91 Å². The van der Waals surface area contributed by atoms with Gasteiger partial charge in [0, 0.05) is 34.5 Å². The summed E-state index contributed by atoms with van der Waals surface area (Å²) >= 11 is 1.47. The number of hydrogen-bond acceptors (Lipinski definition) is 3. The second kappa shape index (κ2) is 6.85. The second-order valence-electron chi connectivity index (χ2n) is 4.95. The van der Waals surface area contributed by atoms with E-state index >= 15 is 0 Å². The molecule has 1 aliphatic rings. The summed E-state index contributed by atoms with van der Waals surface area (Å²) in [6.45, 7) is 2.45. The Labute approximate surface area is 132 Å². The van der Waals surface area contributed by atoms with Gasteiger partial charge >= 0.3 is 0 Å². The number of thiophene rings is 1. The zero-order chi connectivity index (χ0) is 15.4. The highest BCUT2D eigenvalue weighted by Gasteiger charge is 2.14. The highest BCUT2D eigenvalue weighted by atomic mass is 32.1. The van der Waals surface area contributed by atoms with Crippen LogP contribution in [0.25, 0.3) is 16.5 Å². The summed E-state index contributed by atoms with van der Waals surface area (Å²) in [5.41, 5.74) is 0.589. The molecule has 0 spiro atoms. The Morgan fingerprint density at radius 3 is 2.73 bits per heavy atom. The molecule has 5 heteroatoms. The van der Waals surface area contributed by atoms with Crippen LogP contribution in [0.3, 0.4) is 0 Å². The van der Waals surface area contributed by atoms with E-state index in [2.05, 4.69) is 0 Å². The SMILES string of the molecule is O=C(C=Cc1ccc(-c2ccccc2F)s1)N1CCOCC1. The van der Waals surface area contributed by atoms with Crippen molar-refractivity contribution in [1.29, 1.82) is 0 Å². The molecule has 0 radical (unpaired) electrons. The molecule has 1 aromatic heterocycles. The van der Waals surface area contributed by atoms with E-state index in [4.69, 9.17) is 4.74 Å². The quantitative estimate of drug-likeness (QED) is 0.812. The molecule has 0 atom stereocenters. The van der Waals surface area contributed by atoms with Crippen LogP contribution in [0.1, 0.15) is 4.88 Å². The number of ether oxygens (including phenoxy) is 1. The van der Waals surface area contributed by atoms with E-state index < -0.39 is 0 Å². The normalized spacial score (nSPS) is 15.4.